The van der Waals surface area contributed by atoms with Gasteiger partial charge in [0.05, 0.1) is 0 Å². The average Bonchev–Trinajstić information content (AvgIpc) is 2.33. The molecule has 2 nitrogen and oxygen atoms in total. The van der Waals surface area contributed by atoms with Crippen LogP contribution in [0, 0.1) is 5.82 Å². The van der Waals surface area contributed by atoms with Crippen LogP contribution in [0.2, 0.25) is 0 Å². The topological polar surface area (TPSA) is 29.5 Å². The second-order valence-corrected chi connectivity index (χ2v) is 4.73. The molecule has 0 heterocycles. The Balaban J connectivity index is 2.19. The Bertz CT molecular complexity index is 429. The largest absolute Gasteiger partial charge is 0.487 e. The van der Waals surface area contributed by atoms with Crippen molar-refractivity contribution in [2.75, 3.05) is 0 Å². The molecule has 2 rings (SSSR count). The number of rotatable bonds is 2. The molecular formula is C13H14F4O2. The molecule has 1 aliphatic rings. The minimum absolute atomic E-state index is 0.118. The number of ether oxygens (including phenoxy) is 1. The van der Waals surface area contributed by atoms with Gasteiger partial charge in [-0.3, -0.25) is 0 Å². The maximum absolute atomic E-state index is 13.0. The van der Waals surface area contributed by atoms with E-state index in [2.05, 4.69) is 0 Å². The third-order valence-electron chi connectivity index (χ3n) is 3.39. The zero-order valence-electron chi connectivity index (χ0n) is 10.1. The van der Waals surface area contributed by atoms with Gasteiger partial charge in [-0.25, -0.2) is 4.39 Å². The minimum Gasteiger partial charge on any atom is -0.487 e. The van der Waals surface area contributed by atoms with Gasteiger partial charge in [0.2, 0.25) is 0 Å². The third-order valence-corrected chi connectivity index (χ3v) is 3.39. The maximum atomic E-state index is 13.0. The van der Waals surface area contributed by atoms with Crippen molar-refractivity contribution in [1.82, 2.24) is 0 Å². The predicted molar refractivity (Wildman–Crippen MR) is 60.3 cm³/mol. The van der Waals surface area contributed by atoms with Crippen LogP contribution in [0.4, 0.5) is 17.6 Å². The molecule has 0 spiro atoms. The van der Waals surface area contributed by atoms with Crippen molar-refractivity contribution in [2.24, 2.45) is 0 Å². The van der Waals surface area contributed by atoms with Crippen LogP contribution in [0.5, 0.6) is 5.75 Å². The summed E-state index contributed by atoms with van der Waals surface area (Å²) in [5.74, 6) is -0.377. The van der Waals surface area contributed by atoms with E-state index in [1.165, 1.54) is 12.1 Å². The standard InChI is InChI=1S/C13H14F4O2/c14-9-4-6-10(7-5-9)19-11-3-1-2-8-12(11,18)13(15,16)17/h4-7,11,18H,1-3,8H2/t11-,12-/m1/s1. The monoisotopic (exact) mass is 278 g/mol. The van der Waals surface area contributed by atoms with Gasteiger partial charge in [0, 0.05) is 0 Å². The highest BCUT2D eigenvalue weighted by molar-refractivity contribution is 5.23. The number of alkyl halides is 3. The van der Waals surface area contributed by atoms with Gasteiger partial charge in [-0.15, -0.1) is 0 Å². The molecule has 1 aliphatic carbocycles. The first-order valence-electron chi connectivity index (χ1n) is 6.04. The first-order valence-corrected chi connectivity index (χ1v) is 6.04. The van der Waals surface area contributed by atoms with Crippen molar-refractivity contribution in [1.29, 1.82) is 0 Å². The molecule has 1 N–H and O–H groups in total. The van der Waals surface area contributed by atoms with Gasteiger partial charge < -0.3 is 9.84 Å². The van der Waals surface area contributed by atoms with Gasteiger partial charge in [-0.2, -0.15) is 13.2 Å². The SMILES string of the molecule is O[C@]1(C(F)(F)F)CCCC[C@H]1Oc1ccc(F)cc1. The highest BCUT2D eigenvalue weighted by Crippen LogP contribution is 2.43. The van der Waals surface area contributed by atoms with Crippen molar-refractivity contribution < 1.29 is 27.4 Å². The molecule has 0 aromatic heterocycles. The van der Waals surface area contributed by atoms with E-state index in [9.17, 15) is 22.7 Å². The fourth-order valence-electron chi connectivity index (χ4n) is 2.28. The molecule has 0 unspecified atom stereocenters. The summed E-state index contributed by atoms with van der Waals surface area (Å²) in [6.07, 6.45) is -5.48. The molecule has 106 valence electrons. The first kappa shape index (κ1) is 14.1. The van der Waals surface area contributed by atoms with Gasteiger partial charge in [-0.1, -0.05) is 0 Å². The fraction of sp³-hybridized carbons (Fsp3) is 0.538. The normalized spacial score (nSPS) is 28.2. The Morgan fingerprint density at radius 1 is 1.16 bits per heavy atom. The van der Waals surface area contributed by atoms with Gasteiger partial charge in [-0.05, 0) is 49.9 Å². The van der Waals surface area contributed by atoms with E-state index in [0.717, 1.165) is 12.1 Å². The molecule has 0 amide bonds. The zero-order valence-corrected chi connectivity index (χ0v) is 10.1. The van der Waals surface area contributed by atoms with Crippen molar-refractivity contribution in [3.63, 3.8) is 0 Å². The highest BCUT2D eigenvalue weighted by atomic mass is 19.4. The summed E-state index contributed by atoms with van der Waals surface area (Å²) < 4.78 is 56.8. The zero-order chi connectivity index (χ0) is 14.1. The first-order chi connectivity index (χ1) is 8.83. The predicted octanol–water partition coefficient (Wildman–Crippen LogP) is 3.44. The highest BCUT2D eigenvalue weighted by Gasteiger charge is 2.60. The molecule has 1 saturated carbocycles. The van der Waals surface area contributed by atoms with Crippen LogP contribution in [0.3, 0.4) is 0 Å². The van der Waals surface area contributed by atoms with Crippen LogP contribution in [-0.2, 0) is 0 Å². The molecule has 0 radical (unpaired) electrons. The van der Waals surface area contributed by atoms with Crippen LogP contribution >= 0.6 is 0 Å². The summed E-state index contributed by atoms with van der Waals surface area (Å²) in [7, 11) is 0. The van der Waals surface area contributed by atoms with E-state index >= 15 is 0 Å². The second kappa shape index (κ2) is 5.00. The van der Waals surface area contributed by atoms with Crippen molar-refractivity contribution in [3.05, 3.63) is 30.1 Å². The van der Waals surface area contributed by atoms with Crippen LogP contribution in [0.15, 0.2) is 24.3 Å². The van der Waals surface area contributed by atoms with Gasteiger partial charge in [0.15, 0.2) is 5.60 Å². The third kappa shape index (κ3) is 2.83. The summed E-state index contributed by atoms with van der Waals surface area (Å²) in [6, 6.07) is 4.71. The lowest BCUT2D eigenvalue weighted by molar-refractivity contribution is -0.295. The molecule has 0 saturated heterocycles. The molecule has 0 aliphatic heterocycles. The van der Waals surface area contributed by atoms with E-state index in [1.807, 2.05) is 0 Å². The Morgan fingerprint density at radius 2 is 1.79 bits per heavy atom. The number of halogens is 4. The molecule has 1 aromatic rings. The molecule has 19 heavy (non-hydrogen) atoms. The van der Waals surface area contributed by atoms with Gasteiger partial charge in [0.25, 0.3) is 0 Å². The van der Waals surface area contributed by atoms with Crippen molar-refractivity contribution in [2.45, 2.75) is 43.6 Å². The molecule has 1 aromatic carbocycles. The smallest absolute Gasteiger partial charge is 0.420 e. The van der Waals surface area contributed by atoms with E-state index in [0.29, 0.717) is 12.8 Å². The summed E-state index contributed by atoms with van der Waals surface area (Å²) in [5.41, 5.74) is -2.83. The number of aliphatic hydroxyl groups is 1. The molecular weight excluding hydrogens is 264 g/mol. The molecule has 0 bridgehead atoms. The van der Waals surface area contributed by atoms with E-state index in [-0.39, 0.29) is 18.6 Å². The van der Waals surface area contributed by atoms with Crippen molar-refractivity contribution >= 4 is 0 Å². The molecule has 2 atom stereocenters. The van der Waals surface area contributed by atoms with E-state index < -0.39 is 23.7 Å². The van der Waals surface area contributed by atoms with Gasteiger partial charge in [0.1, 0.15) is 17.7 Å². The Hall–Kier alpha value is -1.30. The maximum Gasteiger partial charge on any atom is 0.420 e. The van der Waals surface area contributed by atoms with E-state index in [1.54, 1.807) is 0 Å². The minimum atomic E-state index is -4.74. The Labute approximate surface area is 108 Å². The van der Waals surface area contributed by atoms with Crippen molar-refractivity contribution in [3.8, 4) is 5.75 Å². The summed E-state index contributed by atoms with van der Waals surface area (Å²) >= 11 is 0. The summed E-state index contributed by atoms with van der Waals surface area (Å²) in [6.45, 7) is 0. The van der Waals surface area contributed by atoms with Crippen LogP contribution in [-0.4, -0.2) is 23.0 Å². The van der Waals surface area contributed by atoms with Crippen LogP contribution in [0.1, 0.15) is 25.7 Å². The number of hydrogen-bond donors (Lipinski definition) is 1. The Morgan fingerprint density at radius 3 is 2.37 bits per heavy atom. The van der Waals surface area contributed by atoms with Crippen LogP contribution < -0.4 is 4.74 Å². The lowest BCUT2D eigenvalue weighted by Crippen LogP contribution is -2.58. The van der Waals surface area contributed by atoms with Gasteiger partial charge >= 0.3 is 6.18 Å². The second-order valence-electron chi connectivity index (χ2n) is 4.73. The summed E-state index contributed by atoms with van der Waals surface area (Å²) in [5, 5.41) is 9.86. The molecule has 6 heteroatoms. The summed E-state index contributed by atoms with van der Waals surface area (Å²) in [4.78, 5) is 0. The van der Waals surface area contributed by atoms with E-state index in [4.69, 9.17) is 4.74 Å². The van der Waals surface area contributed by atoms with Crippen LogP contribution in [0.25, 0.3) is 0 Å². The number of hydrogen-bond acceptors (Lipinski definition) is 2. The molecule has 1 fully saturated rings. The fourth-order valence-corrected chi connectivity index (χ4v) is 2.28. The number of benzene rings is 1. The lowest BCUT2D eigenvalue weighted by atomic mass is 9.81. The quantitative estimate of drug-likeness (QED) is 0.840. The average molecular weight is 278 g/mol. The Kier molecular flexibility index (Phi) is 3.71. The lowest BCUT2D eigenvalue weighted by Gasteiger charge is -2.40.